The molecule has 0 fully saturated rings. The van der Waals surface area contributed by atoms with Gasteiger partial charge in [0.25, 0.3) is 0 Å². The second-order valence-corrected chi connectivity index (χ2v) is 5.39. The van der Waals surface area contributed by atoms with Crippen molar-refractivity contribution in [3.05, 3.63) is 35.6 Å². The van der Waals surface area contributed by atoms with E-state index in [4.69, 9.17) is 4.74 Å². The fraction of sp³-hybridized carbons (Fsp3) is 0.571. The molecule has 0 aromatic heterocycles. The van der Waals surface area contributed by atoms with Crippen molar-refractivity contribution < 1.29 is 14.2 Å². The van der Waals surface area contributed by atoms with Crippen LogP contribution in [0.15, 0.2) is 24.3 Å². The predicted molar refractivity (Wildman–Crippen MR) is 69.8 cm³/mol. The third-order valence-electron chi connectivity index (χ3n) is 2.39. The molecule has 0 aliphatic carbocycles. The highest BCUT2D eigenvalue weighted by molar-refractivity contribution is 5.16. The molecule has 0 saturated carbocycles. The summed E-state index contributed by atoms with van der Waals surface area (Å²) in [7, 11) is 0. The van der Waals surface area contributed by atoms with Crippen LogP contribution in [0.4, 0.5) is 4.39 Å². The molecule has 18 heavy (non-hydrogen) atoms. The Labute approximate surface area is 108 Å². The molecule has 0 radical (unpaired) electrons. The normalized spacial score (nSPS) is 13.6. The molecule has 1 aromatic rings. The Kier molecular flexibility index (Phi) is 5.72. The number of aliphatic hydroxyl groups is 1. The van der Waals surface area contributed by atoms with Crippen molar-refractivity contribution in [2.24, 2.45) is 0 Å². The van der Waals surface area contributed by atoms with Crippen LogP contribution >= 0.6 is 0 Å². The first-order valence-corrected chi connectivity index (χ1v) is 6.13. The van der Waals surface area contributed by atoms with E-state index in [1.165, 1.54) is 6.07 Å². The lowest BCUT2D eigenvalue weighted by molar-refractivity contribution is 0.0252. The average Bonchev–Trinajstić information content (AvgIpc) is 2.28. The van der Waals surface area contributed by atoms with Crippen molar-refractivity contribution in [1.29, 1.82) is 0 Å². The lowest BCUT2D eigenvalue weighted by atomic mass is 10.1. The van der Waals surface area contributed by atoms with Gasteiger partial charge in [0.15, 0.2) is 0 Å². The minimum Gasteiger partial charge on any atom is -0.389 e. The summed E-state index contributed by atoms with van der Waals surface area (Å²) in [6.45, 7) is 6.91. The van der Waals surface area contributed by atoms with Crippen molar-refractivity contribution in [2.75, 3.05) is 13.2 Å². The Hall–Kier alpha value is -0.970. The van der Waals surface area contributed by atoms with E-state index in [0.717, 1.165) is 0 Å². The van der Waals surface area contributed by atoms with E-state index < -0.39 is 6.10 Å². The van der Waals surface area contributed by atoms with Gasteiger partial charge in [0.1, 0.15) is 5.82 Å². The summed E-state index contributed by atoms with van der Waals surface area (Å²) in [5.41, 5.74) is 0.473. The molecule has 0 bridgehead atoms. The van der Waals surface area contributed by atoms with Crippen LogP contribution < -0.4 is 5.32 Å². The summed E-state index contributed by atoms with van der Waals surface area (Å²) in [6.07, 6.45) is -0.587. The monoisotopic (exact) mass is 255 g/mol. The molecule has 102 valence electrons. The molecule has 0 amide bonds. The second kappa shape index (κ2) is 6.83. The van der Waals surface area contributed by atoms with E-state index >= 15 is 0 Å². The maximum absolute atomic E-state index is 13.3. The Morgan fingerprint density at radius 1 is 1.33 bits per heavy atom. The lowest BCUT2D eigenvalue weighted by Gasteiger charge is -2.22. The molecule has 1 atom stereocenters. The smallest absolute Gasteiger partial charge is 0.128 e. The number of rotatable bonds is 6. The van der Waals surface area contributed by atoms with Crippen LogP contribution in [-0.2, 0) is 11.3 Å². The molecule has 0 spiro atoms. The number of hydrogen-bond donors (Lipinski definition) is 2. The SMILES string of the molecule is CC(C)(C)NC[C@@H](O)COCc1ccccc1F. The molecule has 0 aliphatic rings. The molecule has 1 rings (SSSR count). The maximum atomic E-state index is 13.3. The van der Waals surface area contributed by atoms with Gasteiger partial charge in [-0.2, -0.15) is 0 Å². The van der Waals surface area contributed by atoms with Gasteiger partial charge in [-0.3, -0.25) is 0 Å². The molecular formula is C14H22FNO2. The topological polar surface area (TPSA) is 41.5 Å². The quantitative estimate of drug-likeness (QED) is 0.818. The van der Waals surface area contributed by atoms with Gasteiger partial charge in [-0.25, -0.2) is 4.39 Å². The van der Waals surface area contributed by atoms with E-state index in [1.54, 1.807) is 18.2 Å². The minimum atomic E-state index is -0.587. The molecule has 0 aliphatic heterocycles. The molecule has 1 aromatic carbocycles. The summed E-state index contributed by atoms with van der Waals surface area (Å²) >= 11 is 0. The average molecular weight is 255 g/mol. The van der Waals surface area contributed by atoms with Gasteiger partial charge >= 0.3 is 0 Å². The summed E-state index contributed by atoms with van der Waals surface area (Å²) in [4.78, 5) is 0. The maximum Gasteiger partial charge on any atom is 0.128 e. The highest BCUT2D eigenvalue weighted by Crippen LogP contribution is 2.07. The molecule has 0 unspecified atom stereocenters. The Morgan fingerprint density at radius 2 is 2.00 bits per heavy atom. The first kappa shape index (κ1) is 15.1. The van der Waals surface area contributed by atoms with Crippen LogP contribution in [0.5, 0.6) is 0 Å². The third kappa shape index (κ3) is 6.10. The zero-order valence-electron chi connectivity index (χ0n) is 11.2. The number of ether oxygens (including phenoxy) is 1. The Balaban J connectivity index is 2.24. The number of nitrogens with one attached hydrogen (secondary N) is 1. The second-order valence-electron chi connectivity index (χ2n) is 5.39. The lowest BCUT2D eigenvalue weighted by Crippen LogP contribution is -2.42. The van der Waals surface area contributed by atoms with Gasteiger partial charge in [-0.15, -0.1) is 0 Å². The summed E-state index contributed by atoms with van der Waals surface area (Å²) in [5, 5.41) is 12.9. The zero-order chi connectivity index (χ0) is 13.6. The number of β-amino-alcohol motifs (C(OH)–C–C–N with tert-alkyl or cyclic N) is 1. The highest BCUT2D eigenvalue weighted by Gasteiger charge is 2.12. The van der Waals surface area contributed by atoms with Crippen molar-refractivity contribution >= 4 is 0 Å². The fourth-order valence-electron chi connectivity index (χ4n) is 1.40. The van der Waals surface area contributed by atoms with Gasteiger partial charge in [0, 0.05) is 17.6 Å². The number of benzene rings is 1. The predicted octanol–water partition coefficient (Wildman–Crippen LogP) is 2.09. The molecule has 0 heterocycles. The molecular weight excluding hydrogens is 233 g/mol. The Morgan fingerprint density at radius 3 is 2.61 bits per heavy atom. The van der Waals surface area contributed by atoms with Crippen LogP contribution in [0.1, 0.15) is 26.3 Å². The van der Waals surface area contributed by atoms with Crippen LogP contribution in [0.3, 0.4) is 0 Å². The van der Waals surface area contributed by atoms with Crippen LogP contribution in [0, 0.1) is 5.82 Å². The van der Waals surface area contributed by atoms with Crippen LogP contribution in [0.2, 0.25) is 0 Å². The van der Waals surface area contributed by atoms with E-state index in [1.807, 2.05) is 20.8 Å². The standard InChI is InChI=1S/C14H22FNO2/c1-14(2,3)16-8-12(17)10-18-9-11-6-4-5-7-13(11)15/h4-7,12,16-17H,8-10H2,1-3H3/t12-/m1/s1. The van der Waals surface area contributed by atoms with Crippen molar-refractivity contribution in [1.82, 2.24) is 5.32 Å². The van der Waals surface area contributed by atoms with E-state index in [9.17, 15) is 9.50 Å². The molecule has 0 saturated heterocycles. The highest BCUT2D eigenvalue weighted by atomic mass is 19.1. The number of hydrogen-bond acceptors (Lipinski definition) is 3. The van der Waals surface area contributed by atoms with E-state index in [0.29, 0.717) is 12.1 Å². The van der Waals surface area contributed by atoms with Crippen molar-refractivity contribution in [3.63, 3.8) is 0 Å². The van der Waals surface area contributed by atoms with Gasteiger partial charge < -0.3 is 15.2 Å². The fourth-order valence-corrected chi connectivity index (χ4v) is 1.40. The molecule has 2 N–H and O–H groups in total. The third-order valence-corrected chi connectivity index (χ3v) is 2.39. The van der Waals surface area contributed by atoms with E-state index in [2.05, 4.69) is 5.32 Å². The van der Waals surface area contributed by atoms with Gasteiger partial charge in [0.05, 0.1) is 19.3 Å². The Bertz CT molecular complexity index is 363. The first-order valence-electron chi connectivity index (χ1n) is 6.13. The minimum absolute atomic E-state index is 0.0352. The van der Waals surface area contributed by atoms with Gasteiger partial charge in [0.2, 0.25) is 0 Å². The summed E-state index contributed by atoms with van der Waals surface area (Å²) in [6, 6.07) is 6.48. The molecule has 3 nitrogen and oxygen atoms in total. The van der Waals surface area contributed by atoms with Crippen LogP contribution in [-0.4, -0.2) is 29.9 Å². The van der Waals surface area contributed by atoms with Crippen molar-refractivity contribution in [2.45, 2.75) is 39.0 Å². The first-order chi connectivity index (χ1) is 8.38. The van der Waals surface area contributed by atoms with Gasteiger partial charge in [-0.05, 0) is 26.8 Å². The number of halogens is 1. The van der Waals surface area contributed by atoms with Gasteiger partial charge in [-0.1, -0.05) is 18.2 Å². The van der Waals surface area contributed by atoms with Crippen LogP contribution in [0.25, 0.3) is 0 Å². The molecule has 4 heteroatoms. The van der Waals surface area contributed by atoms with Crippen molar-refractivity contribution in [3.8, 4) is 0 Å². The number of aliphatic hydroxyl groups excluding tert-OH is 1. The zero-order valence-corrected chi connectivity index (χ0v) is 11.2. The van der Waals surface area contributed by atoms with E-state index in [-0.39, 0.29) is 24.6 Å². The largest absolute Gasteiger partial charge is 0.389 e. The summed E-state index contributed by atoms with van der Waals surface area (Å²) < 4.78 is 18.6. The summed E-state index contributed by atoms with van der Waals surface area (Å²) in [5.74, 6) is -0.278.